The molecule has 0 saturated heterocycles. The van der Waals surface area contributed by atoms with Crippen LogP contribution in [0.4, 0.5) is 11.4 Å². The van der Waals surface area contributed by atoms with Gasteiger partial charge in [0.25, 0.3) is 0 Å². The Balaban J connectivity index is 1.99. The fourth-order valence-electron chi connectivity index (χ4n) is 1.69. The average molecular weight is 262 g/mol. The predicted octanol–water partition coefficient (Wildman–Crippen LogP) is 3.78. The minimum atomic E-state index is 0.734. The molecular weight excluding hydrogens is 246 g/mol. The van der Waals surface area contributed by atoms with Gasteiger partial charge in [0.1, 0.15) is 0 Å². The number of nitrogens with one attached hydrogen (secondary N) is 2. The van der Waals surface area contributed by atoms with E-state index in [2.05, 4.69) is 22.5 Å². The average Bonchev–Trinajstić information content (AvgIpc) is 2.37. The fraction of sp³-hybridized carbons (Fsp3) is 0.214. The molecule has 18 heavy (non-hydrogen) atoms. The van der Waals surface area contributed by atoms with Crippen LogP contribution < -0.4 is 10.6 Å². The first-order valence-corrected chi connectivity index (χ1v) is 6.33. The van der Waals surface area contributed by atoms with Crippen LogP contribution in [0, 0.1) is 0 Å². The van der Waals surface area contributed by atoms with Crippen LogP contribution in [-0.2, 0) is 6.54 Å². The third-order valence-corrected chi connectivity index (χ3v) is 2.74. The SMILES string of the molecule is CCNc1cncc(NCc2cccc(Cl)c2)c1. The van der Waals surface area contributed by atoms with Crippen LogP contribution in [0.2, 0.25) is 5.02 Å². The van der Waals surface area contributed by atoms with E-state index in [4.69, 9.17) is 11.6 Å². The molecule has 4 heteroatoms. The summed E-state index contributed by atoms with van der Waals surface area (Å²) in [6, 6.07) is 9.86. The number of hydrogen-bond donors (Lipinski definition) is 2. The van der Waals surface area contributed by atoms with Crippen molar-refractivity contribution in [2.24, 2.45) is 0 Å². The second kappa shape index (κ2) is 6.26. The number of nitrogens with zero attached hydrogens (tertiary/aromatic N) is 1. The zero-order valence-corrected chi connectivity index (χ0v) is 11.0. The van der Waals surface area contributed by atoms with Gasteiger partial charge in [0.15, 0.2) is 0 Å². The lowest BCUT2D eigenvalue weighted by Gasteiger charge is -2.08. The molecular formula is C14H16ClN3. The topological polar surface area (TPSA) is 37.0 Å². The van der Waals surface area contributed by atoms with Crippen molar-refractivity contribution in [2.75, 3.05) is 17.2 Å². The van der Waals surface area contributed by atoms with Crippen molar-refractivity contribution in [3.63, 3.8) is 0 Å². The second-order valence-corrected chi connectivity index (χ2v) is 4.41. The van der Waals surface area contributed by atoms with Gasteiger partial charge in [-0.05, 0) is 30.7 Å². The van der Waals surface area contributed by atoms with Crippen LogP contribution in [0.3, 0.4) is 0 Å². The van der Waals surface area contributed by atoms with Gasteiger partial charge in [0.2, 0.25) is 0 Å². The molecule has 0 aliphatic carbocycles. The highest BCUT2D eigenvalue weighted by atomic mass is 35.5. The molecule has 0 saturated carbocycles. The van der Waals surface area contributed by atoms with Crippen molar-refractivity contribution < 1.29 is 0 Å². The van der Waals surface area contributed by atoms with Crippen LogP contribution in [0.25, 0.3) is 0 Å². The molecule has 0 unspecified atom stereocenters. The Morgan fingerprint density at radius 2 is 1.89 bits per heavy atom. The molecule has 0 spiro atoms. The molecule has 0 fully saturated rings. The number of halogens is 1. The first-order chi connectivity index (χ1) is 8.78. The Labute approximate surface area is 112 Å². The van der Waals surface area contributed by atoms with Gasteiger partial charge in [-0.1, -0.05) is 23.7 Å². The Morgan fingerprint density at radius 3 is 2.61 bits per heavy atom. The maximum atomic E-state index is 5.94. The minimum Gasteiger partial charge on any atom is -0.384 e. The molecule has 1 aromatic carbocycles. The molecule has 0 radical (unpaired) electrons. The van der Waals surface area contributed by atoms with Gasteiger partial charge >= 0.3 is 0 Å². The van der Waals surface area contributed by atoms with Crippen molar-refractivity contribution in [1.29, 1.82) is 0 Å². The summed E-state index contributed by atoms with van der Waals surface area (Å²) in [7, 11) is 0. The summed E-state index contributed by atoms with van der Waals surface area (Å²) >= 11 is 5.94. The van der Waals surface area contributed by atoms with Crippen molar-refractivity contribution in [2.45, 2.75) is 13.5 Å². The van der Waals surface area contributed by atoms with E-state index in [9.17, 15) is 0 Å². The maximum absolute atomic E-state index is 5.94. The van der Waals surface area contributed by atoms with Gasteiger partial charge in [-0.3, -0.25) is 4.98 Å². The van der Waals surface area contributed by atoms with Crippen molar-refractivity contribution in [3.05, 3.63) is 53.3 Å². The van der Waals surface area contributed by atoms with E-state index in [1.165, 1.54) is 0 Å². The minimum absolute atomic E-state index is 0.734. The summed E-state index contributed by atoms with van der Waals surface area (Å²) in [5.41, 5.74) is 3.17. The molecule has 2 aromatic rings. The highest BCUT2D eigenvalue weighted by Gasteiger charge is 1.97. The second-order valence-electron chi connectivity index (χ2n) is 3.98. The Bertz CT molecular complexity index is 514. The lowest BCUT2D eigenvalue weighted by atomic mass is 10.2. The molecule has 0 aliphatic rings. The summed E-state index contributed by atoms with van der Waals surface area (Å²) in [5, 5.41) is 7.32. The summed E-state index contributed by atoms with van der Waals surface area (Å²) < 4.78 is 0. The van der Waals surface area contributed by atoms with E-state index in [0.717, 1.165) is 35.1 Å². The molecule has 1 aromatic heterocycles. The Hall–Kier alpha value is -1.74. The van der Waals surface area contributed by atoms with E-state index in [0.29, 0.717) is 0 Å². The van der Waals surface area contributed by atoms with E-state index in [1.54, 1.807) is 0 Å². The molecule has 0 amide bonds. The molecule has 2 rings (SSSR count). The molecule has 0 atom stereocenters. The summed E-state index contributed by atoms with van der Waals surface area (Å²) in [4.78, 5) is 4.18. The molecule has 2 N–H and O–H groups in total. The normalized spacial score (nSPS) is 10.1. The van der Waals surface area contributed by atoms with Gasteiger partial charge in [-0.2, -0.15) is 0 Å². The predicted molar refractivity (Wildman–Crippen MR) is 77.2 cm³/mol. The van der Waals surface area contributed by atoms with Gasteiger partial charge in [0, 0.05) is 18.1 Å². The van der Waals surface area contributed by atoms with Gasteiger partial charge in [0.05, 0.1) is 23.8 Å². The largest absolute Gasteiger partial charge is 0.384 e. The van der Waals surface area contributed by atoms with Crippen LogP contribution >= 0.6 is 11.6 Å². The monoisotopic (exact) mass is 261 g/mol. The third-order valence-electron chi connectivity index (χ3n) is 2.50. The maximum Gasteiger partial charge on any atom is 0.0550 e. The molecule has 0 bridgehead atoms. The number of rotatable bonds is 5. The number of hydrogen-bond acceptors (Lipinski definition) is 3. The molecule has 1 heterocycles. The zero-order valence-electron chi connectivity index (χ0n) is 10.3. The smallest absolute Gasteiger partial charge is 0.0550 e. The van der Waals surface area contributed by atoms with Crippen LogP contribution in [-0.4, -0.2) is 11.5 Å². The van der Waals surface area contributed by atoms with Gasteiger partial charge in [-0.25, -0.2) is 0 Å². The number of anilines is 2. The molecule has 0 aliphatic heterocycles. The number of benzene rings is 1. The lowest BCUT2D eigenvalue weighted by molar-refractivity contribution is 1.13. The fourth-order valence-corrected chi connectivity index (χ4v) is 1.90. The highest BCUT2D eigenvalue weighted by Crippen LogP contribution is 2.15. The molecule has 3 nitrogen and oxygen atoms in total. The number of pyridine rings is 1. The standard InChI is InChI=1S/C14H16ClN3/c1-2-17-13-7-14(10-16-9-13)18-8-11-4-3-5-12(15)6-11/h3-7,9-10,17-18H,2,8H2,1H3. The van der Waals surface area contributed by atoms with E-state index < -0.39 is 0 Å². The number of aromatic nitrogens is 1. The Morgan fingerprint density at radius 1 is 1.11 bits per heavy atom. The van der Waals surface area contributed by atoms with Crippen molar-refractivity contribution in [3.8, 4) is 0 Å². The summed E-state index contributed by atoms with van der Waals surface area (Å²) in [6.45, 7) is 3.68. The van der Waals surface area contributed by atoms with Crippen LogP contribution in [0.15, 0.2) is 42.7 Å². The van der Waals surface area contributed by atoms with Crippen LogP contribution in [0.1, 0.15) is 12.5 Å². The summed E-state index contributed by atoms with van der Waals surface area (Å²) in [6.07, 6.45) is 3.62. The third kappa shape index (κ3) is 3.64. The van der Waals surface area contributed by atoms with Crippen molar-refractivity contribution in [1.82, 2.24) is 4.98 Å². The highest BCUT2D eigenvalue weighted by molar-refractivity contribution is 6.30. The van der Waals surface area contributed by atoms with E-state index in [-0.39, 0.29) is 0 Å². The quantitative estimate of drug-likeness (QED) is 0.860. The summed E-state index contributed by atoms with van der Waals surface area (Å²) in [5.74, 6) is 0. The van der Waals surface area contributed by atoms with E-state index >= 15 is 0 Å². The van der Waals surface area contributed by atoms with Gasteiger partial charge < -0.3 is 10.6 Å². The van der Waals surface area contributed by atoms with Crippen LogP contribution in [0.5, 0.6) is 0 Å². The van der Waals surface area contributed by atoms with Gasteiger partial charge in [-0.15, -0.1) is 0 Å². The zero-order chi connectivity index (χ0) is 12.8. The Kier molecular flexibility index (Phi) is 4.42. The lowest BCUT2D eigenvalue weighted by Crippen LogP contribution is -2.02. The van der Waals surface area contributed by atoms with E-state index in [1.807, 2.05) is 42.7 Å². The molecule has 94 valence electrons. The first-order valence-electron chi connectivity index (χ1n) is 5.95. The first kappa shape index (κ1) is 12.7. The van der Waals surface area contributed by atoms with Crippen molar-refractivity contribution >= 4 is 23.0 Å².